The van der Waals surface area contributed by atoms with E-state index in [9.17, 15) is 5.11 Å². The van der Waals surface area contributed by atoms with Crippen molar-refractivity contribution in [2.75, 3.05) is 0 Å². The van der Waals surface area contributed by atoms with Crippen LogP contribution in [0.25, 0.3) is 0 Å². The van der Waals surface area contributed by atoms with Gasteiger partial charge in [0.2, 0.25) is 0 Å². The van der Waals surface area contributed by atoms with E-state index < -0.39 is 0 Å². The first kappa shape index (κ1) is 15.1. The van der Waals surface area contributed by atoms with Crippen molar-refractivity contribution in [1.82, 2.24) is 0 Å². The van der Waals surface area contributed by atoms with Crippen molar-refractivity contribution in [1.29, 1.82) is 0 Å². The highest BCUT2D eigenvalue weighted by molar-refractivity contribution is 5.45. The third kappa shape index (κ3) is 4.04. The highest BCUT2D eigenvalue weighted by atomic mass is 16.3. The van der Waals surface area contributed by atoms with Gasteiger partial charge in [-0.25, -0.2) is 0 Å². The molecule has 1 N–H and O–H groups in total. The van der Waals surface area contributed by atoms with Crippen LogP contribution in [-0.4, -0.2) is 5.11 Å². The van der Waals surface area contributed by atoms with E-state index in [1.165, 1.54) is 18.4 Å². The van der Waals surface area contributed by atoms with Crippen molar-refractivity contribution < 1.29 is 5.11 Å². The van der Waals surface area contributed by atoms with E-state index in [1.54, 1.807) is 0 Å². The molecule has 18 heavy (non-hydrogen) atoms. The fraction of sp³-hybridized carbons (Fsp3) is 0.647. The fourth-order valence-corrected chi connectivity index (χ4v) is 2.24. The predicted octanol–water partition coefficient (Wildman–Crippen LogP) is 5.20. The molecule has 1 aromatic carbocycles. The Labute approximate surface area is 112 Å². The summed E-state index contributed by atoms with van der Waals surface area (Å²) in [5.41, 5.74) is 3.66. The number of phenolic OH excluding ortho intramolecular Hbond substituents is 1. The van der Waals surface area contributed by atoms with Gasteiger partial charge in [0.05, 0.1) is 0 Å². The second-order valence-corrected chi connectivity index (χ2v) is 5.55. The summed E-state index contributed by atoms with van der Waals surface area (Å²) in [6.07, 6.45) is 6.67. The molecule has 0 bridgehead atoms. The lowest BCUT2D eigenvalue weighted by atomic mass is 9.93. The van der Waals surface area contributed by atoms with Gasteiger partial charge in [-0.3, -0.25) is 0 Å². The number of unbranched alkanes of at least 4 members (excludes halogenated alkanes) is 2. The number of hydrogen-bond donors (Lipinski definition) is 1. The average molecular weight is 248 g/mol. The monoisotopic (exact) mass is 248 g/mol. The summed E-state index contributed by atoms with van der Waals surface area (Å²) in [6.45, 7) is 8.84. The van der Waals surface area contributed by atoms with Crippen LogP contribution < -0.4 is 0 Å². The summed E-state index contributed by atoms with van der Waals surface area (Å²) in [4.78, 5) is 0. The first-order chi connectivity index (χ1) is 8.60. The molecular formula is C17H28O. The molecule has 1 aromatic rings. The van der Waals surface area contributed by atoms with Crippen LogP contribution in [0.3, 0.4) is 0 Å². The van der Waals surface area contributed by atoms with Crippen molar-refractivity contribution in [3.8, 4) is 5.75 Å². The number of benzene rings is 1. The van der Waals surface area contributed by atoms with Gasteiger partial charge in [0.1, 0.15) is 5.75 Å². The molecule has 0 fully saturated rings. The first-order valence-electron chi connectivity index (χ1n) is 7.44. The van der Waals surface area contributed by atoms with E-state index in [2.05, 4.69) is 39.8 Å². The van der Waals surface area contributed by atoms with Crippen LogP contribution >= 0.6 is 0 Å². The second-order valence-electron chi connectivity index (χ2n) is 5.55. The maximum absolute atomic E-state index is 10.3. The van der Waals surface area contributed by atoms with Crippen LogP contribution in [0.2, 0.25) is 0 Å². The van der Waals surface area contributed by atoms with Gasteiger partial charge >= 0.3 is 0 Å². The maximum atomic E-state index is 10.3. The minimum Gasteiger partial charge on any atom is -0.507 e. The Kier molecular flexibility index (Phi) is 6.24. The maximum Gasteiger partial charge on any atom is 0.121 e. The summed E-state index contributed by atoms with van der Waals surface area (Å²) < 4.78 is 0. The number of phenols is 1. The smallest absolute Gasteiger partial charge is 0.121 e. The van der Waals surface area contributed by atoms with Crippen LogP contribution in [0.5, 0.6) is 5.75 Å². The average Bonchev–Trinajstić information content (AvgIpc) is 2.35. The highest BCUT2D eigenvalue weighted by Crippen LogP contribution is 2.30. The lowest BCUT2D eigenvalue weighted by Crippen LogP contribution is -1.97. The fourth-order valence-electron chi connectivity index (χ4n) is 2.24. The van der Waals surface area contributed by atoms with Crippen molar-refractivity contribution in [2.24, 2.45) is 0 Å². The largest absolute Gasteiger partial charge is 0.507 e. The minimum atomic E-state index is 0.534. The molecule has 1 rings (SSSR count). The number of aromatic hydroxyl groups is 1. The Bertz CT molecular complexity index is 337. The van der Waals surface area contributed by atoms with Crippen molar-refractivity contribution in [3.05, 3.63) is 28.8 Å². The van der Waals surface area contributed by atoms with Gasteiger partial charge < -0.3 is 5.11 Å². The number of hydrogen-bond acceptors (Lipinski definition) is 1. The summed E-state index contributed by atoms with van der Waals surface area (Å²) >= 11 is 0. The SMILES string of the molecule is CCCCc1cc(C(C)C)cc(CCCC)c1O. The predicted molar refractivity (Wildman–Crippen MR) is 79.4 cm³/mol. The molecule has 0 atom stereocenters. The molecule has 0 amide bonds. The van der Waals surface area contributed by atoms with Crippen molar-refractivity contribution in [2.45, 2.75) is 72.1 Å². The van der Waals surface area contributed by atoms with Gasteiger partial charge in [0.15, 0.2) is 0 Å². The topological polar surface area (TPSA) is 20.2 Å². The Morgan fingerprint density at radius 2 is 1.39 bits per heavy atom. The number of aryl methyl sites for hydroxylation is 2. The van der Waals surface area contributed by atoms with Crippen LogP contribution in [0.1, 0.15) is 76.0 Å². The molecule has 1 heteroatoms. The second kappa shape index (κ2) is 7.45. The van der Waals surface area contributed by atoms with Crippen LogP contribution in [0.15, 0.2) is 12.1 Å². The molecule has 102 valence electrons. The van der Waals surface area contributed by atoms with E-state index in [1.807, 2.05) is 0 Å². The Morgan fingerprint density at radius 1 is 0.944 bits per heavy atom. The normalized spacial score (nSPS) is 11.2. The van der Waals surface area contributed by atoms with Crippen LogP contribution in [-0.2, 0) is 12.8 Å². The molecule has 0 radical (unpaired) electrons. The molecule has 0 aliphatic heterocycles. The first-order valence-corrected chi connectivity index (χ1v) is 7.44. The van der Waals surface area contributed by atoms with Gasteiger partial charge in [-0.05, 0) is 48.3 Å². The zero-order valence-corrected chi connectivity index (χ0v) is 12.4. The van der Waals surface area contributed by atoms with E-state index in [0.29, 0.717) is 11.7 Å². The van der Waals surface area contributed by atoms with E-state index >= 15 is 0 Å². The summed E-state index contributed by atoms with van der Waals surface area (Å²) in [5.74, 6) is 1.09. The molecule has 0 saturated carbocycles. The molecule has 0 aliphatic carbocycles. The van der Waals surface area contributed by atoms with Gasteiger partial charge in [-0.15, -0.1) is 0 Å². The van der Waals surface area contributed by atoms with E-state index in [-0.39, 0.29) is 0 Å². The van der Waals surface area contributed by atoms with Gasteiger partial charge in [-0.2, -0.15) is 0 Å². The zero-order chi connectivity index (χ0) is 13.5. The third-order valence-corrected chi connectivity index (χ3v) is 3.56. The molecule has 0 unspecified atom stereocenters. The van der Waals surface area contributed by atoms with Crippen molar-refractivity contribution >= 4 is 0 Å². The van der Waals surface area contributed by atoms with Crippen molar-refractivity contribution in [3.63, 3.8) is 0 Å². The quantitative estimate of drug-likeness (QED) is 0.703. The molecular weight excluding hydrogens is 220 g/mol. The molecule has 0 aliphatic rings. The van der Waals surface area contributed by atoms with Crippen LogP contribution in [0, 0.1) is 0 Å². The Balaban J connectivity index is 3.03. The lowest BCUT2D eigenvalue weighted by Gasteiger charge is -2.15. The van der Waals surface area contributed by atoms with Gasteiger partial charge in [0.25, 0.3) is 0 Å². The Morgan fingerprint density at radius 3 is 1.72 bits per heavy atom. The Hall–Kier alpha value is -0.980. The molecule has 0 saturated heterocycles. The van der Waals surface area contributed by atoms with Gasteiger partial charge in [0, 0.05) is 0 Å². The number of rotatable bonds is 7. The molecule has 1 nitrogen and oxygen atoms in total. The molecule has 0 aromatic heterocycles. The minimum absolute atomic E-state index is 0.534. The zero-order valence-electron chi connectivity index (χ0n) is 12.4. The lowest BCUT2D eigenvalue weighted by molar-refractivity contribution is 0.458. The summed E-state index contributed by atoms with van der Waals surface area (Å²) in [7, 11) is 0. The molecule has 0 spiro atoms. The van der Waals surface area contributed by atoms with Gasteiger partial charge in [-0.1, -0.05) is 52.7 Å². The summed E-state index contributed by atoms with van der Waals surface area (Å²) in [5, 5.41) is 10.3. The van der Waals surface area contributed by atoms with Crippen LogP contribution in [0.4, 0.5) is 0 Å². The summed E-state index contributed by atoms with van der Waals surface area (Å²) in [6, 6.07) is 4.40. The molecule has 0 heterocycles. The standard InChI is InChI=1S/C17H28O/c1-5-7-9-14-11-16(13(3)4)12-15(17(14)18)10-8-6-2/h11-13,18H,5-10H2,1-4H3. The third-order valence-electron chi connectivity index (χ3n) is 3.56. The van der Waals surface area contributed by atoms with E-state index in [4.69, 9.17) is 0 Å². The van der Waals surface area contributed by atoms with E-state index in [0.717, 1.165) is 36.8 Å². The highest BCUT2D eigenvalue weighted by Gasteiger charge is 2.11.